The monoisotopic (exact) mass is 361 g/mol. The maximum Gasteiger partial charge on any atom is 0.133 e. The molecule has 1 atom stereocenters. The fourth-order valence-corrected chi connectivity index (χ4v) is 4.20. The molecule has 27 heavy (non-hydrogen) atoms. The van der Waals surface area contributed by atoms with Gasteiger partial charge in [-0.15, -0.1) is 0 Å². The van der Waals surface area contributed by atoms with Crippen molar-refractivity contribution in [3.63, 3.8) is 0 Å². The number of furan rings is 1. The molecule has 0 amide bonds. The van der Waals surface area contributed by atoms with Crippen LogP contribution in [-0.2, 0) is 13.0 Å². The van der Waals surface area contributed by atoms with Crippen molar-refractivity contribution in [3.8, 4) is 0 Å². The van der Waals surface area contributed by atoms with E-state index in [9.17, 15) is 0 Å². The average Bonchev–Trinajstić information content (AvgIpc) is 3.40. The van der Waals surface area contributed by atoms with Gasteiger partial charge in [0.05, 0.1) is 35.6 Å². The Hall–Kier alpha value is -2.86. The SMILES string of the molecule is CC(C)n1c(C2c3nc[nH]c3CCN2Cc2ccoc2)nc2ccccc21. The summed E-state index contributed by atoms with van der Waals surface area (Å²) >= 11 is 0. The molecule has 5 rings (SSSR count). The minimum Gasteiger partial charge on any atom is -0.472 e. The third kappa shape index (κ3) is 2.68. The van der Waals surface area contributed by atoms with E-state index in [1.807, 2.05) is 18.4 Å². The Bertz CT molecular complexity index is 1060. The van der Waals surface area contributed by atoms with Crippen LogP contribution in [0.15, 0.2) is 53.6 Å². The van der Waals surface area contributed by atoms with Gasteiger partial charge in [0, 0.05) is 36.8 Å². The molecular weight excluding hydrogens is 338 g/mol. The van der Waals surface area contributed by atoms with Crippen molar-refractivity contribution < 1.29 is 4.42 Å². The molecule has 1 aliphatic heterocycles. The van der Waals surface area contributed by atoms with Gasteiger partial charge in [0.1, 0.15) is 11.9 Å². The highest BCUT2D eigenvalue weighted by Crippen LogP contribution is 2.36. The zero-order valence-corrected chi connectivity index (χ0v) is 15.6. The van der Waals surface area contributed by atoms with Crippen molar-refractivity contribution in [1.29, 1.82) is 0 Å². The Morgan fingerprint density at radius 1 is 1.26 bits per heavy atom. The maximum absolute atomic E-state index is 5.29. The lowest BCUT2D eigenvalue weighted by Crippen LogP contribution is -2.37. The highest BCUT2D eigenvalue weighted by Gasteiger charge is 2.35. The van der Waals surface area contributed by atoms with Gasteiger partial charge in [-0.1, -0.05) is 12.1 Å². The van der Waals surface area contributed by atoms with Gasteiger partial charge in [-0.3, -0.25) is 4.90 Å². The zero-order valence-electron chi connectivity index (χ0n) is 15.6. The molecule has 6 nitrogen and oxygen atoms in total. The molecular formula is C21H23N5O. The third-order valence-electron chi connectivity index (χ3n) is 5.37. The van der Waals surface area contributed by atoms with Crippen LogP contribution < -0.4 is 0 Å². The van der Waals surface area contributed by atoms with Crippen molar-refractivity contribution in [3.05, 3.63) is 72.0 Å². The number of benzene rings is 1. The number of rotatable bonds is 4. The molecule has 0 saturated heterocycles. The Morgan fingerprint density at radius 3 is 2.96 bits per heavy atom. The van der Waals surface area contributed by atoms with Gasteiger partial charge in [-0.2, -0.15) is 0 Å². The minimum absolute atomic E-state index is 0.0182. The van der Waals surface area contributed by atoms with E-state index < -0.39 is 0 Å². The Morgan fingerprint density at radius 2 is 2.15 bits per heavy atom. The molecule has 1 aliphatic rings. The van der Waals surface area contributed by atoms with Crippen molar-refractivity contribution in [2.45, 2.75) is 38.9 Å². The molecule has 0 saturated carbocycles. The van der Waals surface area contributed by atoms with Crippen LogP contribution in [0.4, 0.5) is 0 Å². The Kier molecular flexibility index (Phi) is 3.86. The fraction of sp³-hybridized carbons (Fsp3) is 0.333. The summed E-state index contributed by atoms with van der Waals surface area (Å²) in [6, 6.07) is 10.7. The van der Waals surface area contributed by atoms with E-state index in [0.29, 0.717) is 6.04 Å². The van der Waals surface area contributed by atoms with E-state index in [0.717, 1.165) is 36.5 Å². The molecule has 0 aliphatic carbocycles. The van der Waals surface area contributed by atoms with Gasteiger partial charge >= 0.3 is 0 Å². The summed E-state index contributed by atoms with van der Waals surface area (Å²) < 4.78 is 7.65. The molecule has 4 heterocycles. The second-order valence-corrected chi connectivity index (χ2v) is 7.44. The van der Waals surface area contributed by atoms with Crippen LogP contribution in [0, 0.1) is 0 Å². The number of nitrogens with zero attached hydrogens (tertiary/aromatic N) is 4. The molecule has 0 radical (unpaired) electrons. The van der Waals surface area contributed by atoms with Gasteiger partial charge in [0.15, 0.2) is 0 Å². The number of nitrogens with one attached hydrogen (secondary N) is 1. The van der Waals surface area contributed by atoms with Crippen molar-refractivity contribution in [2.24, 2.45) is 0 Å². The molecule has 1 aromatic carbocycles. The smallest absolute Gasteiger partial charge is 0.133 e. The standard InChI is InChI=1S/C21H23N5O/c1-14(2)26-18-6-4-3-5-16(18)24-21(26)20-19-17(22-13-23-19)7-9-25(20)11-15-8-10-27-12-15/h3-6,8,10,12-14,20H,7,9,11H2,1-2H3,(H,22,23). The van der Waals surface area contributed by atoms with Crippen LogP contribution >= 0.6 is 0 Å². The Labute approximate surface area is 157 Å². The molecule has 1 N–H and O–H groups in total. The molecule has 3 aromatic heterocycles. The van der Waals surface area contributed by atoms with E-state index in [2.05, 4.69) is 46.5 Å². The number of aromatic nitrogens is 4. The first kappa shape index (κ1) is 16.3. The minimum atomic E-state index is 0.0182. The quantitative estimate of drug-likeness (QED) is 0.595. The van der Waals surface area contributed by atoms with E-state index in [-0.39, 0.29) is 6.04 Å². The number of fused-ring (bicyclic) bond motifs is 2. The van der Waals surface area contributed by atoms with Crippen molar-refractivity contribution in [2.75, 3.05) is 6.54 Å². The predicted octanol–water partition coefficient (Wildman–Crippen LogP) is 4.08. The van der Waals surface area contributed by atoms with E-state index >= 15 is 0 Å². The molecule has 6 heteroatoms. The largest absolute Gasteiger partial charge is 0.472 e. The summed E-state index contributed by atoms with van der Waals surface area (Å²) in [7, 11) is 0. The first-order chi connectivity index (χ1) is 13.2. The lowest BCUT2D eigenvalue weighted by Gasteiger charge is -2.35. The first-order valence-corrected chi connectivity index (χ1v) is 9.46. The number of imidazole rings is 2. The lowest BCUT2D eigenvalue weighted by molar-refractivity contribution is 0.188. The highest BCUT2D eigenvalue weighted by atomic mass is 16.3. The second-order valence-electron chi connectivity index (χ2n) is 7.44. The van der Waals surface area contributed by atoms with E-state index in [1.54, 1.807) is 12.6 Å². The molecule has 4 aromatic rings. The first-order valence-electron chi connectivity index (χ1n) is 9.46. The summed E-state index contributed by atoms with van der Waals surface area (Å²) in [6.45, 7) is 6.19. The average molecular weight is 361 g/mol. The number of H-pyrrole nitrogens is 1. The predicted molar refractivity (Wildman–Crippen MR) is 103 cm³/mol. The van der Waals surface area contributed by atoms with E-state index in [4.69, 9.17) is 14.4 Å². The maximum atomic E-state index is 5.29. The van der Waals surface area contributed by atoms with Crippen LogP contribution in [0.5, 0.6) is 0 Å². The molecule has 138 valence electrons. The second kappa shape index (κ2) is 6.39. The molecule has 1 unspecified atom stereocenters. The van der Waals surface area contributed by atoms with Crippen LogP contribution in [0.1, 0.15) is 48.7 Å². The lowest BCUT2D eigenvalue weighted by atomic mass is 10.0. The number of hydrogen-bond donors (Lipinski definition) is 1. The van der Waals surface area contributed by atoms with Gasteiger partial charge < -0.3 is 14.0 Å². The number of hydrogen-bond acceptors (Lipinski definition) is 4. The summed E-state index contributed by atoms with van der Waals surface area (Å²) in [5.74, 6) is 1.06. The molecule has 0 fully saturated rings. The van der Waals surface area contributed by atoms with Gasteiger partial charge in [-0.25, -0.2) is 9.97 Å². The van der Waals surface area contributed by atoms with Crippen molar-refractivity contribution in [1.82, 2.24) is 24.4 Å². The topological polar surface area (TPSA) is 62.9 Å². The van der Waals surface area contributed by atoms with Crippen LogP contribution in [-0.4, -0.2) is 31.0 Å². The van der Waals surface area contributed by atoms with Gasteiger partial charge in [-0.05, 0) is 32.0 Å². The van der Waals surface area contributed by atoms with Crippen LogP contribution in [0.3, 0.4) is 0 Å². The molecule has 0 spiro atoms. The van der Waals surface area contributed by atoms with Crippen molar-refractivity contribution >= 4 is 11.0 Å². The van der Waals surface area contributed by atoms with Crippen LogP contribution in [0.2, 0.25) is 0 Å². The van der Waals surface area contributed by atoms with Gasteiger partial charge in [0.25, 0.3) is 0 Å². The van der Waals surface area contributed by atoms with E-state index in [1.165, 1.54) is 16.8 Å². The fourth-order valence-electron chi connectivity index (χ4n) is 4.20. The number of aromatic amines is 1. The van der Waals surface area contributed by atoms with Crippen LogP contribution in [0.25, 0.3) is 11.0 Å². The third-order valence-corrected chi connectivity index (χ3v) is 5.37. The summed E-state index contributed by atoms with van der Waals surface area (Å²) in [6.07, 6.45) is 6.33. The zero-order chi connectivity index (χ0) is 18.4. The summed E-state index contributed by atoms with van der Waals surface area (Å²) in [5.41, 5.74) is 5.68. The summed E-state index contributed by atoms with van der Waals surface area (Å²) in [4.78, 5) is 15.5. The highest BCUT2D eigenvalue weighted by molar-refractivity contribution is 5.76. The number of para-hydroxylation sites is 2. The van der Waals surface area contributed by atoms with Gasteiger partial charge in [0.2, 0.25) is 0 Å². The normalized spacial score (nSPS) is 17.7. The molecule has 0 bridgehead atoms. The summed E-state index contributed by atoms with van der Waals surface area (Å²) in [5, 5.41) is 0. The Balaban J connectivity index is 1.68.